The molecule has 0 fully saturated rings. The molecule has 2 aromatic carbocycles. The number of carbonyl (C=O) groups is 4. The minimum Gasteiger partial charge on any atom is -0.350 e. The monoisotopic (exact) mass is 549 g/mol. The summed E-state index contributed by atoms with van der Waals surface area (Å²) in [5.41, 5.74) is 2.98. The highest BCUT2D eigenvalue weighted by molar-refractivity contribution is 6.51. The molecule has 0 spiro atoms. The minimum absolute atomic E-state index is 0.0760. The van der Waals surface area contributed by atoms with Crippen LogP contribution in [0.2, 0.25) is 0 Å². The summed E-state index contributed by atoms with van der Waals surface area (Å²) in [6.07, 6.45) is -3.38. The van der Waals surface area contributed by atoms with Gasteiger partial charge in [-0.05, 0) is 12.1 Å². The molecule has 2 aliphatic heterocycles. The van der Waals surface area contributed by atoms with Gasteiger partial charge < -0.3 is 19.8 Å². The van der Waals surface area contributed by atoms with Gasteiger partial charge in [-0.1, -0.05) is 36.4 Å². The minimum atomic E-state index is -5.14. The quantitative estimate of drug-likeness (QED) is 0.331. The van der Waals surface area contributed by atoms with Gasteiger partial charge in [0.15, 0.2) is 5.78 Å². The highest BCUT2D eigenvalue weighted by Crippen LogP contribution is 2.43. The lowest BCUT2D eigenvalue weighted by Gasteiger charge is -2.27. The Morgan fingerprint density at radius 1 is 0.975 bits per heavy atom. The van der Waals surface area contributed by atoms with Gasteiger partial charge in [0.1, 0.15) is 6.04 Å². The topological polar surface area (TPSA) is 114 Å². The Morgan fingerprint density at radius 2 is 1.62 bits per heavy atom. The van der Waals surface area contributed by atoms with E-state index in [0.717, 1.165) is 10.9 Å². The number of alkyl halides is 3. The van der Waals surface area contributed by atoms with Crippen molar-refractivity contribution in [1.82, 2.24) is 25.1 Å². The second-order valence-corrected chi connectivity index (χ2v) is 9.67. The van der Waals surface area contributed by atoms with Gasteiger partial charge in [-0.2, -0.15) is 13.2 Å². The number of aromatic nitrogens is 2. The Morgan fingerprint density at radius 3 is 2.35 bits per heavy atom. The number of hydrogen-bond donors (Lipinski definition) is 3. The average Bonchev–Trinajstić information content (AvgIpc) is 3.54. The first-order chi connectivity index (χ1) is 19.1. The van der Waals surface area contributed by atoms with E-state index < -0.39 is 42.3 Å². The molecule has 1 unspecified atom stereocenters. The van der Waals surface area contributed by atoms with E-state index in [9.17, 15) is 32.3 Å². The van der Waals surface area contributed by atoms with E-state index in [2.05, 4.69) is 10.6 Å². The zero-order valence-electron chi connectivity index (χ0n) is 21.1. The highest BCUT2D eigenvalue weighted by Gasteiger charge is 2.42. The molecule has 4 heterocycles. The Bertz CT molecular complexity index is 1800. The van der Waals surface area contributed by atoms with Crippen molar-refractivity contribution in [3.63, 3.8) is 0 Å². The van der Waals surface area contributed by atoms with E-state index in [0.29, 0.717) is 40.8 Å². The molecule has 0 saturated carbocycles. The molecule has 1 atom stereocenters. The fourth-order valence-electron chi connectivity index (χ4n) is 5.67. The Balaban J connectivity index is 1.58. The fourth-order valence-corrected chi connectivity index (χ4v) is 5.67. The number of benzene rings is 2. The smallest absolute Gasteiger partial charge is 0.350 e. The van der Waals surface area contributed by atoms with E-state index >= 15 is 0 Å². The maximum atomic E-state index is 13.4. The van der Waals surface area contributed by atoms with Gasteiger partial charge >= 0.3 is 12.1 Å². The number of aryl methyl sites for hydroxylation is 1. The molecular weight excluding hydrogens is 527 g/mol. The Hall–Kier alpha value is -4.71. The van der Waals surface area contributed by atoms with Crippen LogP contribution in [0, 0.1) is 0 Å². The number of Topliss-reactive ketones (excluding diaryl/α,β-unsaturated/α-hetero) is 1. The van der Waals surface area contributed by atoms with Crippen LogP contribution in [0.5, 0.6) is 0 Å². The van der Waals surface area contributed by atoms with Crippen molar-refractivity contribution in [2.75, 3.05) is 13.1 Å². The second kappa shape index (κ2) is 9.19. The van der Waals surface area contributed by atoms with Gasteiger partial charge in [0, 0.05) is 59.3 Å². The lowest BCUT2D eigenvalue weighted by Crippen LogP contribution is -2.45. The van der Waals surface area contributed by atoms with Crippen LogP contribution in [0.4, 0.5) is 13.2 Å². The van der Waals surface area contributed by atoms with Crippen LogP contribution in [0.15, 0.2) is 54.7 Å². The molecule has 204 valence electrons. The summed E-state index contributed by atoms with van der Waals surface area (Å²) < 4.78 is 42.0. The van der Waals surface area contributed by atoms with E-state index in [4.69, 9.17) is 0 Å². The first-order valence-corrected chi connectivity index (χ1v) is 12.4. The van der Waals surface area contributed by atoms with Crippen LogP contribution in [0.25, 0.3) is 33.0 Å². The normalized spacial score (nSPS) is 17.4. The molecule has 0 bridgehead atoms. The molecule has 0 radical (unpaired) electrons. The third-order valence-corrected chi connectivity index (χ3v) is 7.32. The summed E-state index contributed by atoms with van der Waals surface area (Å²) in [5.74, 6) is -4.18. The van der Waals surface area contributed by atoms with Crippen molar-refractivity contribution in [3.05, 3.63) is 71.5 Å². The lowest BCUT2D eigenvalue weighted by atomic mass is 9.91. The summed E-state index contributed by atoms with van der Waals surface area (Å²) in [7, 11) is 1.82. The van der Waals surface area contributed by atoms with Crippen molar-refractivity contribution in [3.8, 4) is 0 Å². The molecule has 2 aliphatic rings. The zero-order chi connectivity index (χ0) is 28.3. The van der Waals surface area contributed by atoms with Crippen molar-refractivity contribution in [2.24, 2.45) is 7.05 Å². The van der Waals surface area contributed by atoms with E-state index in [1.807, 2.05) is 46.5 Å². The molecule has 2 aromatic heterocycles. The average molecular weight is 550 g/mol. The summed E-state index contributed by atoms with van der Waals surface area (Å²) in [5, 5.41) is 8.42. The number of nitrogens with one attached hydrogen (secondary N) is 3. The van der Waals surface area contributed by atoms with Crippen LogP contribution in [0.3, 0.4) is 0 Å². The number of ketones is 1. The van der Waals surface area contributed by atoms with Crippen molar-refractivity contribution < 1.29 is 32.3 Å². The van der Waals surface area contributed by atoms with Crippen LogP contribution in [-0.2, 0) is 32.8 Å². The van der Waals surface area contributed by atoms with Gasteiger partial charge in [-0.25, -0.2) is 0 Å². The van der Waals surface area contributed by atoms with E-state index in [-0.39, 0.29) is 11.1 Å². The number of hydrogen-bond acceptors (Lipinski definition) is 5. The largest absolute Gasteiger partial charge is 0.471 e. The Kier molecular flexibility index (Phi) is 5.88. The van der Waals surface area contributed by atoms with Gasteiger partial charge in [-0.15, -0.1) is 0 Å². The number of halogens is 3. The zero-order valence-corrected chi connectivity index (χ0v) is 21.1. The van der Waals surface area contributed by atoms with Crippen LogP contribution in [0.1, 0.15) is 22.9 Å². The van der Waals surface area contributed by atoms with Gasteiger partial charge in [-0.3, -0.25) is 24.5 Å². The molecule has 3 amide bonds. The van der Waals surface area contributed by atoms with Crippen molar-refractivity contribution in [1.29, 1.82) is 0 Å². The molecule has 6 rings (SSSR count). The van der Waals surface area contributed by atoms with Crippen LogP contribution >= 0.6 is 0 Å². The molecule has 9 nitrogen and oxygen atoms in total. The van der Waals surface area contributed by atoms with Crippen molar-refractivity contribution >= 4 is 56.5 Å². The lowest BCUT2D eigenvalue weighted by molar-refractivity contribution is -0.173. The Labute approximate surface area is 224 Å². The maximum absolute atomic E-state index is 13.4. The molecule has 40 heavy (non-hydrogen) atoms. The first kappa shape index (κ1) is 25.6. The van der Waals surface area contributed by atoms with E-state index in [1.165, 1.54) is 0 Å². The summed E-state index contributed by atoms with van der Waals surface area (Å²) in [6.45, 7) is -0.159. The maximum Gasteiger partial charge on any atom is 0.471 e. The number of carbonyl (C=O) groups excluding carboxylic acids is 4. The van der Waals surface area contributed by atoms with E-state index in [1.54, 1.807) is 29.7 Å². The third-order valence-electron chi connectivity index (χ3n) is 7.32. The number of fused-ring (bicyclic) bond motifs is 4. The molecular formula is C28H22F3N5O4. The number of rotatable bonds is 5. The molecule has 4 aromatic rings. The summed E-state index contributed by atoms with van der Waals surface area (Å²) in [6, 6.07) is 13.4. The standard InChI is InChI=1S/C28H22F3N5O4/c1-35-13-16(14-6-2-4-8-17(14)35)21-22(26(39)34-25(21)38)20-15-7-3-5-9-18(15)36-11-10-32-23(24(20)36)19(37)12-33-27(40)28(29,30)31/h2-9,13,23,32H,10-12H2,1H3,(H,33,40)(H,34,38,39). The molecule has 12 heteroatoms. The second-order valence-electron chi connectivity index (χ2n) is 9.67. The number of imide groups is 1. The third kappa shape index (κ3) is 3.90. The molecule has 3 N–H and O–H groups in total. The number of nitrogens with zero attached hydrogens (tertiary/aromatic N) is 2. The fraction of sp³-hybridized carbons (Fsp3) is 0.214. The number of para-hydroxylation sites is 2. The van der Waals surface area contributed by atoms with Gasteiger partial charge in [0.2, 0.25) is 0 Å². The van der Waals surface area contributed by atoms with Crippen LogP contribution < -0.4 is 16.0 Å². The predicted molar refractivity (Wildman–Crippen MR) is 140 cm³/mol. The van der Waals surface area contributed by atoms with Crippen molar-refractivity contribution in [2.45, 2.75) is 18.8 Å². The van der Waals surface area contributed by atoms with Gasteiger partial charge in [0.25, 0.3) is 11.8 Å². The summed E-state index contributed by atoms with van der Waals surface area (Å²) >= 11 is 0. The predicted octanol–water partition coefficient (Wildman–Crippen LogP) is 2.59. The summed E-state index contributed by atoms with van der Waals surface area (Å²) in [4.78, 5) is 51.4. The molecule has 0 aliphatic carbocycles. The number of amides is 3. The molecule has 0 saturated heterocycles. The highest BCUT2D eigenvalue weighted by atomic mass is 19.4. The first-order valence-electron chi connectivity index (χ1n) is 12.4. The SMILES string of the molecule is Cn1cc(C2=C(c3c4n(c5ccccc35)CCNC4C(=O)CNC(=O)C(F)(F)F)C(=O)NC2=O)c2ccccc21. The van der Waals surface area contributed by atoms with Gasteiger partial charge in [0.05, 0.1) is 23.4 Å². The van der Waals surface area contributed by atoms with Crippen LogP contribution in [-0.4, -0.2) is 51.9 Å².